The van der Waals surface area contributed by atoms with E-state index < -0.39 is 9.84 Å². The summed E-state index contributed by atoms with van der Waals surface area (Å²) in [6.45, 7) is 2.65. The van der Waals surface area contributed by atoms with Gasteiger partial charge in [0.15, 0.2) is 9.84 Å². The highest BCUT2D eigenvalue weighted by atomic mass is 32.2. The summed E-state index contributed by atoms with van der Waals surface area (Å²) in [4.78, 5) is 7.14. The van der Waals surface area contributed by atoms with Gasteiger partial charge < -0.3 is 4.74 Å². The van der Waals surface area contributed by atoms with E-state index in [0.717, 1.165) is 38.2 Å². The minimum absolute atomic E-state index is 0.144. The first-order valence-corrected chi connectivity index (χ1v) is 10.4. The van der Waals surface area contributed by atoms with E-state index in [2.05, 4.69) is 16.0 Å². The summed E-state index contributed by atoms with van der Waals surface area (Å²) in [5.41, 5.74) is 1.91. The van der Waals surface area contributed by atoms with Crippen molar-refractivity contribution in [2.24, 2.45) is 0 Å². The van der Waals surface area contributed by atoms with Crippen molar-refractivity contribution in [1.29, 1.82) is 0 Å². The quantitative estimate of drug-likeness (QED) is 0.820. The monoisotopic (exact) mass is 360 g/mol. The van der Waals surface area contributed by atoms with Crippen molar-refractivity contribution in [2.75, 3.05) is 26.5 Å². The second kappa shape index (κ2) is 7.54. The van der Waals surface area contributed by atoms with Gasteiger partial charge in [-0.15, -0.1) is 0 Å². The fourth-order valence-corrected chi connectivity index (χ4v) is 4.40. The zero-order valence-corrected chi connectivity index (χ0v) is 15.5. The molecule has 1 aliphatic rings. The van der Waals surface area contributed by atoms with Crippen LogP contribution in [0.25, 0.3) is 0 Å². The Morgan fingerprint density at radius 2 is 2.12 bits per heavy atom. The lowest BCUT2D eigenvalue weighted by Crippen LogP contribution is -2.34. The van der Waals surface area contributed by atoms with Crippen LogP contribution in [-0.2, 0) is 16.4 Å². The number of hydrogen-bond donors (Lipinski definition) is 0. The lowest BCUT2D eigenvalue weighted by Gasteiger charge is -2.33. The van der Waals surface area contributed by atoms with Crippen molar-refractivity contribution in [3.8, 4) is 5.75 Å². The van der Waals surface area contributed by atoms with E-state index in [-0.39, 0.29) is 5.92 Å². The van der Waals surface area contributed by atoms with Gasteiger partial charge in [0.1, 0.15) is 5.75 Å². The minimum atomic E-state index is -3.27. The molecular weight excluding hydrogens is 336 g/mol. The van der Waals surface area contributed by atoms with Gasteiger partial charge in [0.05, 0.1) is 17.7 Å². The maximum absolute atomic E-state index is 12.1. The molecule has 134 valence electrons. The molecule has 0 unspecified atom stereocenters. The molecule has 0 saturated carbocycles. The van der Waals surface area contributed by atoms with Gasteiger partial charge >= 0.3 is 0 Å². The van der Waals surface area contributed by atoms with Crippen LogP contribution in [0.4, 0.5) is 0 Å². The number of nitrogens with zero attached hydrogens (tertiary/aromatic N) is 2. The Balaban J connectivity index is 1.78. The van der Waals surface area contributed by atoms with E-state index in [4.69, 9.17) is 4.74 Å². The summed E-state index contributed by atoms with van der Waals surface area (Å²) in [5.74, 6) is 1.00. The maximum atomic E-state index is 12.1. The number of hydrogen-bond acceptors (Lipinski definition) is 5. The molecule has 1 atom stereocenters. The van der Waals surface area contributed by atoms with Gasteiger partial charge in [0.2, 0.25) is 0 Å². The Bertz CT molecular complexity index is 836. The molecule has 1 aliphatic heterocycles. The maximum Gasteiger partial charge on any atom is 0.177 e. The fourth-order valence-electron chi connectivity index (χ4n) is 3.47. The van der Waals surface area contributed by atoms with Gasteiger partial charge in [-0.3, -0.25) is 9.88 Å². The number of pyridine rings is 1. The van der Waals surface area contributed by atoms with E-state index in [1.54, 1.807) is 25.4 Å². The Hall–Kier alpha value is -1.92. The fraction of sp³-hybridized carbons (Fsp3) is 0.421. The molecule has 0 amide bonds. The molecule has 0 spiro atoms. The Morgan fingerprint density at radius 3 is 2.88 bits per heavy atom. The molecule has 5 nitrogen and oxygen atoms in total. The van der Waals surface area contributed by atoms with Gasteiger partial charge in [-0.1, -0.05) is 12.1 Å². The van der Waals surface area contributed by atoms with E-state index in [1.807, 2.05) is 18.2 Å². The van der Waals surface area contributed by atoms with Crippen LogP contribution in [0, 0.1) is 0 Å². The molecule has 25 heavy (non-hydrogen) atoms. The molecule has 0 radical (unpaired) electrons. The summed E-state index contributed by atoms with van der Waals surface area (Å²) in [6, 6.07) is 11.4. The van der Waals surface area contributed by atoms with E-state index in [9.17, 15) is 8.42 Å². The van der Waals surface area contributed by atoms with Gasteiger partial charge in [0.25, 0.3) is 0 Å². The van der Waals surface area contributed by atoms with Crippen molar-refractivity contribution in [3.63, 3.8) is 0 Å². The van der Waals surface area contributed by atoms with Crippen LogP contribution in [-0.4, -0.2) is 44.8 Å². The van der Waals surface area contributed by atoms with E-state index >= 15 is 0 Å². The predicted molar refractivity (Wildman–Crippen MR) is 97.6 cm³/mol. The third kappa shape index (κ3) is 4.38. The average Bonchev–Trinajstić information content (AvgIpc) is 2.61. The summed E-state index contributed by atoms with van der Waals surface area (Å²) in [5, 5.41) is 0. The van der Waals surface area contributed by atoms with E-state index in [0.29, 0.717) is 10.6 Å². The predicted octanol–water partition coefficient (Wildman–Crippen LogP) is 2.87. The van der Waals surface area contributed by atoms with Crippen LogP contribution in [0.5, 0.6) is 5.75 Å². The molecule has 1 saturated heterocycles. The van der Waals surface area contributed by atoms with Crippen molar-refractivity contribution in [3.05, 3.63) is 53.9 Å². The number of benzene rings is 1. The number of methoxy groups -OCH3 is 1. The Labute approximate surface area is 149 Å². The number of sulfone groups is 1. The van der Waals surface area contributed by atoms with Crippen molar-refractivity contribution >= 4 is 9.84 Å². The van der Waals surface area contributed by atoms with E-state index in [1.165, 1.54) is 11.8 Å². The Kier molecular flexibility index (Phi) is 5.39. The third-order valence-electron chi connectivity index (χ3n) is 4.63. The molecule has 1 aromatic carbocycles. The first kappa shape index (κ1) is 17.9. The molecule has 1 aromatic heterocycles. The van der Waals surface area contributed by atoms with Gasteiger partial charge in [-0.05, 0) is 49.2 Å². The van der Waals surface area contributed by atoms with Crippen LogP contribution in [0.1, 0.15) is 30.0 Å². The highest BCUT2D eigenvalue weighted by Gasteiger charge is 2.27. The summed E-state index contributed by atoms with van der Waals surface area (Å²) < 4.78 is 29.4. The zero-order chi connectivity index (χ0) is 17.9. The lowest BCUT2D eigenvalue weighted by molar-refractivity contribution is 0.197. The van der Waals surface area contributed by atoms with Crippen LogP contribution in [0.15, 0.2) is 47.5 Å². The van der Waals surface area contributed by atoms with Crippen LogP contribution in [0.2, 0.25) is 0 Å². The third-order valence-corrected chi connectivity index (χ3v) is 5.78. The molecule has 0 aliphatic carbocycles. The summed E-state index contributed by atoms with van der Waals surface area (Å²) in [6.07, 6.45) is 4.94. The molecule has 2 aromatic rings. The smallest absolute Gasteiger partial charge is 0.177 e. The molecule has 2 heterocycles. The highest BCUT2D eigenvalue weighted by molar-refractivity contribution is 7.90. The summed E-state index contributed by atoms with van der Waals surface area (Å²) >= 11 is 0. The molecule has 0 bridgehead atoms. The second-order valence-electron chi connectivity index (χ2n) is 6.58. The molecule has 3 rings (SSSR count). The number of aromatic nitrogens is 1. The summed E-state index contributed by atoms with van der Waals surface area (Å²) in [7, 11) is -1.60. The zero-order valence-electron chi connectivity index (χ0n) is 14.7. The normalized spacial score (nSPS) is 18.9. The Morgan fingerprint density at radius 1 is 1.28 bits per heavy atom. The van der Waals surface area contributed by atoms with Crippen molar-refractivity contribution in [1.82, 2.24) is 9.88 Å². The highest BCUT2D eigenvalue weighted by Crippen LogP contribution is 2.30. The van der Waals surface area contributed by atoms with Crippen molar-refractivity contribution < 1.29 is 13.2 Å². The SMILES string of the molecule is COc1cccc(CN2CCC[C@H](c3ncccc3S(C)(=O)=O)C2)c1. The van der Waals surface area contributed by atoms with Gasteiger partial charge in [0, 0.05) is 31.5 Å². The standard InChI is InChI=1S/C19H24N2O3S/c1-24-17-8-3-6-15(12-17)13-21-11-5-7-16(14-21)19-18(25(2,22)23)9-4-10-20-19/h3-4,6,8-10,12,16H,5,7,11,13-14H2,1-2H3/t16-/m0/s1. The average molecular weight is 360 g/mol. The van der Waals surface area contributed by atoms with Gasteiger partial charge in [-0.25, -0.2) is 8.42 Å². The molecular formula is C19H24N2O3S. The molecule has 1 fully saturated rings. The van der Waals surface area contributed by atoms with Crippen LogP contribution in [0.3, 0.4) is 0 Å². The number of rotatable bonds is 5. The molecule has 0 N–H and O–H groups in total. The first-order valence-electron chi connectivity index (χ1n) is 8.47. The lowest BCUT2D eigenvalue weighted by atomic mass is 9.94. The minimum Gasteiger partial charge on any atom is -0.497 e. The van der Waals surface area contributed by atoms with Crippen LogP contribution < -0.4 is 4.74 Å². The number of piperidine rings is 1. The van der Waals surface area contributed by atoms with Crippen LogP contribution >= 0.6 is 0 Å². The van der Waals surface area contributed by atoms with Gasteiger partial charge in [-0.2, -0.15) is 0 Å². The topological polar surface area (TPSA) is 59.5 Å². The molecule has 6 heteroatoms. The van der Waals surface area contributed by atoms with Crippen molar-refractivity contribution in [2.45, 2.75) is 30.2 Å². The number of ether oxygens (including phenoxy) is 1. The second-order valence-corrected chi connectivity index (χ2v) is 8.57. The first-order chi connectivity index (χ1) is 12.0. The largest absolute Gasteiger partial charge is 0.497 e. The number of likely N-dealkylation sites (tertiary alicyclic amines) is 1.